The highest BCUT2D eigenvalue weighted by Gasteiger charge is 2.25. The Morgan fingerprint density at radius 2 is 1.28 bits per heavy atom. The number of benzene rings is 3. The molecule has 0 atom stereocenters. The van der Waals surface area contributed by atoms with Gasteiger partial charge in [-0.1, -0.05) is 50.2 Å². The number of hydrogen-bond acceptors (Lipinski definition) is 5. The fourth-order valence-corrected chi connectivity index (χ4v) is 4.08. The molecule has 0 radical (unpaired) electrons. The predicted octanol–water partition coefficient (Wildman–Crippen LogP) is 4.97. The zero-order valence-electron chi connectivity index (χ0n) is 19.3. The highest BCUT2D eigenvalue weighted by atomic mass is 16.5. The van der Waals surface area contributed by atoms with Crippen LogP contribution in [0.25, 0.3) is 0 Å². The minimum atomic E-state index is -0.112. The molecule has 0 amide bonds. The molecule has 1 N–H and O–H groups in total. The number of nitrogens with zero attached hydrogens (tertiary/aromatic N) is 2. The maximum absolute atomic E-state index is 9.46. The van der Waals surface area contributed by atoms with Crippen molar-refractivity contribution in [1.29, 1.82) is 0 Å². The number of phenolic OH excluding ortho intramolecular Hbond substituents is 1. The second kappa shape index (κ2) is 9.23. The van der Waals surface area contributed by atoms with Crippen LogP contribution >= 0.6 is 0 Å². The molecule has 5 rings (SSSR count). The van der Waals surface area contributed by atoms with Crippen molar-refractivity contribution in [3.8, 4) is 17.2 Å². The first kappa shape index (κ1) is 22.2. The Kier molecular flexibility index (Phi) is 6.40. The summed E-state index contributed by atoms with van der Waals surface area (Å²) in [4.78, 5) is 4.29. The number of hydrogen-bond donors (Lipinski definition) is 1. The van der Waals surface area contributed by atoms with E-state index in [2.05, 4.69) is 62.0 Å². The maximum atomic E-state index is 9.46. The fraction of sp³-hybridized carbons (Fsp3) is 0.333. The molecule has 0 bridgehead atoms. The molecule has 2 aliphatic heterocycles. The smallest absolute Gasteiger partial charge is 0.142 e. The van der Waals surface area contributed by atoms with Gasteiger partial charge in [-0.3, -0.25) is 9.80 Å². The van der Waals surface area contributed by atoms with Crippen molar-refractivity contribution in [3.05, 3.63) is 89.0 Å². The van der Waals surface area contributed by atoms with Crippen LogP contribution in [0.15, 0.2) is 66.7 Å². The topological polar surface area (TPSA) is 45.2 Å². The Labute approximate surface area is 190 Å². The molecule has 2 aliphatic rings. The number of fused-ring (bicyclic) bond motifs is 2. The van der Waals surface area contributed by atoms with Crippen molar-refractivity contribution in [2.24, 2.45) is 0 Å². The fourth-order valence-electron chi connectivity index (χ4n) is 4.08. The first-order chi connectivity index (χ1) is 15.3. The van der Waals surface area contributed by atoms with E-state index in [-0.39, 0.29) is 5.41 Å². The molecule has 0 spiro atoms. The van der Waals surface area contributed by atoms with Crippen molar-refractivity contribution in [3.63, 3.8) is 0 Å². The van der Waals surface area contributed by atoms with Gasteiger partial charge in [-0.05, 0) is 55.6 Å². The molecule has 32 heavy (non-hydrogen) atoms. The van der Waals surface area contributed by atoms with E-state index in [0.29, 0.717) is 19.2 Å². The van der Waals surface area contributed by atoms with Crippen LogP contribution in [0.2, 0.25) is 0 Å². The lowest BCUT2D eigenvalue weighted by Crippen LogP contribution is -2.28. The summed E-state index contributed by atoms with van der Waals surface area (Å²) in [6.07, 6.45) is 0. The van der Waals surface area contributed by atoms with E-state index in [1.54, 1.807) is 12.1 Å². The van der Waals surface area contributed by atoms with Gasteiger partial charge >= 0.3 is 0 Å². The average Bonchev–Trinajstić information content (AvgIpc) is 2.79. The molecule has 0 saturated heterocycles. The zero-order valence-corrected chi connectivity index (χ0v) is 19.3. The molecular formula is C27H32N2O3. The van der Waals surface area contributed by atoms with Crippen LogP contribution < -0.4 is 9.47 Å². The molecular weight excluding hydrogens is 400 g/mol. The van der Waals surface area contributed by atoms with Gasteiger partial charge in [0.05, 0.1) is 0 Å². The number of phenols is 1. The minimum Gasteiger partial charge on any atom is -0.508 e. The summed E-state index contributed by atoms with van der Waals surface area (Å²) < 4.78 is 11.2. The summed E-state index contributed by atoms with van der Waals surface area (Å²) in [6, 6.07) is 22.1. The summed E-state index contributed by atoms with van der Waals surface area (Å²) in [6.45, 7) is 7.67. The SMILES string of the molecule is CN1COc2ccc(C(C)(C)c3ccc(O)cc3)cc2C1.CN1COc2ccccc2C1. The lowest BCUT2D eigenvalue weighted by molar-refractivity contribution is 0.121. The monoisotopic (exact) mass is 432 g/mol. The third-order valence-electron chi connectivity index (χ3n) is 6.11. The number of rotatable bonds is 2. The lowest BCUT2D eigenvalue weighted by atomic mass is 9.77. The Morgan fingerprint density at radius 1 is 0.719 bits per heavy atom. The van der Waals surface area contributed by atoms with Gasteiger partial charge in [0.15, 0.2) is 0 Å². The first-order valence-corrected chi connectivity index (χ1v) is 11.0. The largest absolute Gasteiger partial charge is 0.508 e. The van der Waals surface area contributed by atoms with E-state index in [9.17, 15) is 5.11 Å². The van der Waals surface area contributed by atoms with Crippen molar-refractivity contribution in [2.45, 2.75) is 32.4 Å². The Hall–Kier alpha value is -3.02. The van der Waals surface area contributed by atoms with Crippen molar-refractivity contribution < 1.29 is 14.6 Å². The van der Waals surface area contributed by atoms with Crippen LogP contribution in [0.3, 0.4) is 0 Å². The molecule has 0 aliphatic carbocycles. The summed E-state index contributed by atoms with van der Waals surface area (Å²) in [5.41, 5.74) is 4.84. The van der Waals surface area contributed by atoms with Crippen LogP contribution in [0, 0.1) is 0 Å². The standard InChI is InChI=1S/C18H21NO2.C9H11NO/c1-18(2,14-4-7-16(20)8-5-14)15-6-9-17-13(10-15)11-19(3)12-21-17;1-10-6-8-4-2-3-5-9(8)11-7-10/h4-10,20H,11-12H2,1-3H3;2-5H,6-7H2,1H3. The van der Waals surface area contributed by atoms with Gasteiger partial charge in [-0.25, -0.2) is 0 Å². The van der Waals surface area contributed by atoms with Gasteiger partial charge in [0.2, 0.25) is 0 Å². The third kappa shape index (κ3) is 4.90. The van der Waals surface area contributed by atoms with E-state index >= 15 is 0 Å². The van der Waals surface area contributed by atoms with E-state index in [0.717, 1.165) is 24.6 Å². The molecule has 5 nitrogen and oxygen atoms in total. The van der Waals surface area contributed by atoms with E-state index in [4.69, 9.17) is 9.47 Å². The molecule has 0 fully saturated rings. The molecule has 0 unspecified atom stereocenters. The molecule has 5 heteroatoms. The van der Waals surface area contributed by atoms with Gasteiger partial charge in [0.25, 0.3) is 0 Å². The molecule has 3 aromatic carbocycles. The normalized spacial score (nSPS) is 16.0. The average molecular weight is 433 g/mol. The van der Waals surface area contributed by atoms with Crippen LogP contribution in [-0.2, 0) is 18.5 Å². The van der Waals surface area contributed by atoms with E-state index < -0.39 is 0 Å². The molecule has 168 valence electrons. The third-order valence-corrected chi connectivity index (χ3v) is 6.11. The first-order valence-electron chi connectivity index (χ1n) is 11.0. The lowest BCUT2D eigenvalue weighted by Gasteiger charge is -2.30. The second-order valence-electron chi connectivity index (χ2n) is 9.18. The van der Waals surface area contributed by atoms with Gasteiger partial charge in [-0.15, -0.1) is 0 Å². The molecule has 0 saturated carbocycles. The zero-order chi connectivity index (χ0) is 22.7. The quantitative estimate of drug-likeness (QED) is 0.620. The summed E-state index contributed by atoms with van der Waals surface area (Å²) in [5.74, 6) is 2.32. The van der Waals surface area contributed by atoms with Gasteiger partial charge < -0.3 is 14.6 Å². The predicted molar refractivity (Wildman–Crippen MR) is 127 cm³/mol. The Morgan fingerprint density at radius 3 is 1.97 bits per heavy atom. The highest BCUT2D eigenvalue weighted by molar-refractivity contribution is 5.45. The van der Waals surface area contributed by atoms with Crippen molar-refractivity contribution in [1.82, 2.24) is 9.80 Å². The molecule has 2 heterocycles. The van der Waals surface area contributed by atoms with Gasteiger partial charge in [-0.2, -0.15) is 0 Å². The van der Waals surface area contributed by atoms with Crippen molar-refractivity contribution >= 4 is 0 Å². The second-order valence-corrected chi connectivity index (χ2v) is 9.18. The van der Waals surface area contributed by atoms with Gasteiger partial charge in [0, 0.05) is 29.6 Å². The Balaban J connectivity index is 0.000000186. The summed E-state index contributed by atoms with van der Waals surface area (Å²) in [5, 5.41) is 9.46. The summed E-state index contributed by atoms with van der Waals surface area (Å²) in [7, 11) is 4.11. The number of ether oxygens (including phenoxy) is 2. The number of aromatic hydroxyl groups is 1. The van der Waals surface area contributed by atoms with E-state index in [1.807, 2.05) is 30.3 Å². The van der Waals surface area contributed by atoms with Crippen LogP contribution in [0.1, 0.15) is 36.1 Å². The molecule has 0 aromatic heterocycles. The summed E-state index contributed by atoms with van der Waals surface area (Å²) >= 11 is 0. The number of para-hydroxylation sites is 1. The van der Waals surface area contributed by atoms with Crippen LogP contribution in [0.4, 0.5) is 0 Å². The Bertz CT molecular complexity index is 1060. The highest BCUT2D eigenvalue weighted by Crippen LogP contribution is 2.35. The van der Waals surface area contributed by atoms with E-state index in [1.165, 1.54) is 22.3 Å². The van der Waals surface area contributed by atoms with Crippen molar-refractivity contribution in [2.75, 3.05) is 27.6 Å². The van der Waals surface area contributed by atoms with Crippen LogP contribution in [0.5, 0.6) is 17.2 Å². The maximum Gasteiger partial charge on any atom is 0.142 e. The van der Waals surface area contributed by atoms with Crippen LogP contribution in [-0.4, -0.2) is 42.5 Å². The minimum absolute atomic E-state index is 0.112. The van der Waals surface area contributed by atoms with Gasteiger partial charge in [0.1, 0.15) is 30.7 Å². The molecule has 3 aromatic rings.